The molecule has 0 aliphatic heterocycles. The van der Waals surface area contributed by atoms with Gasteiger partial charge < -0.3 is 10.7 Å². The molecular weight excluding hydrogens is 282 g/mol. The van der Waals surface area contributed by atoms with Crippen LogP contribution < -0.4 is 16.6 Å². The van der Waals surface area contributed by atoms with Crippen LogP contribution in [0.4, 0.5) is 5.69 Å². The average Bonchev–Trinajstić information content (AvgIpc) is 2.97. The number of hydrazine groups is 1. The minimum Gasteiger partial charge on any atom is -0.344 e. The van der Waals surface area contributed by atoms with Gasteiger partial charge in [0.2, 0.25) is 0 Å². The number of nitrogens with one attached hydrogen (secondary N) is 2. The zero-order valence-electron chi connectivity index (χ0n) is 12.5. The number of carbonyl (C=O) groups is 1. The minimum absolute atomic E-state index is 0.0317. The van der Waals surface area contributed by atoms with E-state index in [2.05, 4.69) is 30.7 Å². The van der Waals surface area contributed by atoms with Gasteiger partial charge in [-0.05, 0) is 48.1 Å². The largest absolute Gasteiger partial charge is 0.344 e. The minimum atomic E-state index is -0.0526. The molecule has 1 aromatic heterocycles. The van der Waals surface area contributed by atoms with Crippen molar-refractivity contribution in [2.24, 2.45) is 11.8 Å². The Balaban J connectivity index is 2.20. The standard InChI is InChI=1S/C16H21N3OS/c1-10(2)15(14-5-4-8-21-14)18-16(20)13-7-6-12(19-17)9-11(13)3/h4-10,15,19H,17H2,1-3H3,(H,18,20). The molecule has 0 aliphatic carbocycles. The third kappa shape index (κ3) is 3.62. The lowest BCUT2D eigenvalue weighted by Crippen LogP contribution is -2.31. The van der Waals surface area contributed by atoms with Crippen LogP contribution in [-0.4, -0.2) is 5.91 Å². The normalized spacial score (nSPS) is 12.2. The van der Waals surface area contributed by atoms with Crippen LogP contribution in [0.2, 0.25) is 0 Å². The van der Waals surface area contributed by atoms with Gasteiger partial charge in [0.25, 0.3) is 5.91 Å². The Kier molecular flexibility index (Phi) is 4.98. The van der Waals surface area contributed by atoms with E-state index in [4.69, 9.17) is 5.84 Å². The van der Waals surface area contributed by atoms with Crippen LogP contribution in [0.5, 0.6) is 0 Å². The molecule has 2 aromatic rings. The number of carbonyl (C=O) groups excluding carboxylic acids is 1. The molecule has 2 rings (SSSR count). The number of benzene rings is 1. The van der Waals surface area contributed by atoms with Gasteiger partial charge in [0, 0.05) is 16.1 Å². The van der Waals surface area contributed by atoms with Gasteiger partial charge in [-0.1, -0.05) is 19.9 Å². The molecule has 21 heavy (non-hydrogen) atoms. The molecule has 1 unspecified atom stereocenters. The number of rotatable bonds is 5. The number of anilines is 1. The van der Waals surface area contributed by atoms with E-state index in [1.807, 2.05) is 24.4 Å². The summed E-state index contributed by atoms with van der Waals surface area (Å²) in [5.41, 5.74) is 4.96. The molecule has 4 N–H and O–H groups in total. The first-order valence-electron chi connectivity index (χ1n) is 6.94. The Hall–Kier alpha value is -1.85. The van der Waals surface area contributed by atoms with Crippen LogP contribution in [0, 0.1) is 12.8 Å². The molecule has 0 radical (unpaired) electrons. The lowest BCUT2D eigenvalue weighted by atomic mass is 10.0. The van der Waals surface area contributed by atoms with Crippen LogP contribution >= 0.6 is 11.3 Å². The van der Waals surface area contributed by atoms with Gasteiger partial charge in [-0.3, -0.25) is 10.6 Å². The van der Waals surface area contributed by atoms with Crippen molar-refractivity contribution < 1.29 is 4.79 Å². The van der Waals surface area contributed by atoms with Gasteiger partial charge in [-0.25, -0.2) is 0 Å². The van der Waals surface area contributed by atoms with E-state index in [9.17, 15) is 4.79 Å². The quantitative estimate of drug-likeness (QED) is 0.585. The molecule has 0 saturated heterocycles. The van der Waals surface area contributed by atoms with E-state index in [0.29, 0.717) is 11.5 Å². The average molecular weight is 303 g/mol. The van der Waals surface area contributed by atoms with Gasteiger partial charge in [0.15, 0.2) is 0 Å². The SMILES string of the molecule is Cc1cc(NN)ccc1C(=O)NC(c1cccs1)C(C)C. The molecule has 0 saturated carbocycles. The smallest absolute Gasteiger partial charge is 0.252 e. The Labute approximate surface area is 129 Å². The topological polar surface area (TPSA) is 67.1 Å². The molecule has 0 aliphatic rings. The summed E-state index contributed by atoms with van der Waals surface area (Å²) in [6.45, 7) is 6.13. The molecule has 1 amide bonds. The molecule has 1 aromatic carbocycles. The third-order valence-corrected chi connectivity index (χ3v) is 4.40. The van der Waals surface area contributed by atoms with Gasteiger partial charge in [0.05, 0.1) is 6.04 Å². The summed E-state index contributed by atoms with van der Waals surface area (Å²) >= 11 is 1.67. The third-order valence-electron chi connectivity index (χ3n) is 3.44. The summed E-state index contributed by atoms with van der Waals surface area (Å²) in [7, 11) is 0. The highest BCUT2D eigenvalue weighted by molar-refractivity contribution is 7.10. The van der Waals surface area contributed by atoms with Gasteiger partial charge in [-0.15, -0.1) is 11.3 Å². The van der Waals surface area contributed by atoms with E-state index in [-0.39, 0.29) is 11.9 Å². The monoisotopic (exact) mass is 303 g/mol. The first kappa shape index (κ1) is 15.5. The second kappa shape index (κ2) is 6.74. The number of nitrogen functional groups attached to an aromatic ring is 1. The van der Waals surface area contributed by atoms with Gasteiger partial charge in [0.1, 0.15) is 0 Å². The molecular formula is C16H21N3OS. The second-order valence-corrected chi connectivity index (χ2v) is 6.36. The summed E-state index contributed by atoms with van der Waals surface area (Å²) in [6, 6.07) is 9.57. The van der Waals surface area contributed by atoms with E-state index >= 15 is 0 Å². The Morgan fingerprint density at radius 2 is 2.05 bits per heavy atom. The molecule has 0 fully saturated rings. The van der Waals surface area contributed by atoms with Gasteiger partial charge >= 0.3 is 0 Å². The lowest BCUT2D eigenvalue weighted by molar-refractivity contribution is 0.0926. The van der Waals surface area contributed by atoms with Crippen LogP contribution in [0.3, 0.4) is 0 Å². The number of nitrogens with two attached hydrogens (primary N) is 1. The van der Waals surface area contributed by atoms with E-state index in [1.165, 1.54) is 4.88 Å². The maximum Gasteiger partial charge on any atom is 0.252 e. The maximum absolute atomic E-state index is 12.5. The maximum atomic E-state index is 12.5. The van der Waals surface area contributed by atoms with Crippen LogP contribution in [0.15, 0.2) is 35.7 Å². The van der Waals surface area contributed by atoms with Gasteiger partial charge in [-0.2, -0.15) is 0 Å². The Morgan fingerprint density at radius 1 is 1.29 bits per heavy atom. The fourth-order valence-corrected chi connectivity index (χ4v) is 3.21. The van der Waals surface area contributed by atoms with Crippen LogP contribution in [-0.2, 0) is 0 Å². The van der Waals surface area contributed by atoms with Crippen molar-refractivity contribution in [3.8, 4) is 0 Å². The van der Waals surface area contributed by atoms with E-state index in [1.54, 1.807) is 23.5 Å². The Bertz CT molecular complexity index is 608. The van der Waals surface area contributed by atoms with Crippen molar-refractivity contribution in [2.45, 2.75) is 26.8 Å². The number of amides is 1. The molecule has 0 bridgehead atoms. The zero-order valence-corrected chi connectivity index (χ0v) is 13.3. The number of hydrogen-bond donors (Lipinski definition) is 3. The molecule has 1 heterocycles. The Morgan fingerprint density at radius 3 is 2.57 bits per heavy atom. The zero-order chi connectivity index (χ0) is 15.4. The fraction of sp³-hybridized carbons (Fsp3) is 0.312. The predicted molar refractivity (Wildman–Crippen MR) is 88.4 cm³/mol. The highest BCUT2D eigenvalue weighted by Gasteiger charge is 2.20. The number of hydrogen-bond acceptors (Lipinski definition) is 4. The molecule has 0 spiro atoms. The summed E-state index contributed by atoms with van der Waals surface area (Å²) in [4.78, 5) is 13.7. The molecule has 4 nitrogen and oxygen atoms in total. The fourth-order valence-electron chi connectivity index (χ4n) is 2.26. The van der Waals surface area contributed by atoms with E-state index in [0.717, 1.165) is 11.3 Å². The second-order valence-electron chi connectivity index (χ2n) is 5.38. The lowest BCUT2D eigenvalue weighted by Gasteiger charge is -2.22. The number of thiophene rings is 1. The summed E-state index contributed by atoms with van der Waals surface area (Å²) in [6.07, 6.45) is 0. The van der Waals surface area contributed by atoms with E-state index < -0.39 is 0 Å². The van der Waals surface area contributed by atoms with Crippen LogP contribution in [0.25, 0.3) is 0 Å². The van der Waals surface area contributed by atoms with Crippen molar-refractivity contribution in [1.82, 2.24) is 5.32 Å². The van der Waals surface area contributed by atoms with Crippen molar-refractivity contribution >= 4 is 22.9 Å². The van der Waals surface area contributed by atoms with Crippen molar-refractivity contribution in [3.05, 3.63) is 51.7 Å². The van der Waals surface area contributed by atoms with Crippen molar-refractivity contribution in [3.63, 3.8) is 0 Å². The summed E-state index contributed by atoms with van der Waals surface area (Å²) in [5, 5.41) is 5.16. The predicted octanol–water partition coefficient (Wildman–Crippen LogP) is 3.47. The first-order valence-corrected chi connectivity index (χ1v) is 7.82. The summed E-state index contributed by atoms with van der Waals surface area (Å²) < 4.78 is 0. The van der Waals surface area contributed by atoms with Crippen molar-refractivity contribution in [2.75, 3.05) is 5.43 Å². The van der Waals surface area contributed by atoms with Crippen LogP contribution in [0.1, 0.15) is 40.7 Å². The highest BCUT2D eigenvalue weighted by atomic mass is 32.1. The summed E-state index contributed by atoms with van der Waals surface area (Å²) in [5.74, 6) is 5.66. The number of aryl methyl sites for hydroxylation is 1. The molecule has 1 atom stereocenters. The highest BCUT2D eigenvalue weighted by Crippen LogP contribution is 2.26. The van der Waals surface area contributed by atoms with Crippen molar-refractivity contribution in [1.29, 1.82) is 0 Å². The first-order chi connectivity index (χ1) is 10.0. The molecule has 5 heteroatoms. The molecule has 112 valence electrons.